The molecule has 2 aromatic rings. The molecule has 1 fully saturated rings. The van der Waals surface area contributed by atoms with Crippen molar-refractivity contribution in [3.8, 4) is 0 Å². The predicted octanol–water partition coefficient (Wildman–Crippen LogP) is 3.18. The van der Waals surface area contributed by atoms with Gasteiger partial charge in [0.1, 0.15) is 5.76 Å². The van der Waals surface area contributed by atoms with E-state index in [2.05, 4.69) is 28.4 Å². The Morgan fingerprint density at radius 3 is 2.77 bits per heavy atom. The third-order valence-electron chi connectivity index (χ3n) is 4.24. The first-order valence-corrected chi connectivity index (χ1v) is 8.19. The predicted molar refractivity (Wildman–Crippen MR) is 91.0 cm³/mol. The summed E-state index contributed by atoms with van der Waals surface area (Å²) in [7, 11) is 0. The van der Waals surface area contributed by atoms with Crippen LogP contribution in [0.5, 0.6) is 0 Å². The third-order valence-corrected chi connectivity index (χ3v) is 4.24. The zero-order valence-electron chi connectivity index (χ0n) is 13.1. The van der Waals surface area contributed by atoms with E-state index in [4.69, 9.17) is 10.2 Å². The highest BCUT2D eigenvalue weighted by molar-refractivity contribution is 5.68. The molecule has 0 amide bonds. The lowest BCUT2D eigenvalue weighted by molar-refractivity contribution is 0.481. The fourth-order valence-electron chi connectivity index (χ4n) is 3.05. The van der Waals surface area contributed by atoms with Crippen LogP contribution in [0.4, 0.5) is 11.4 Å². The van der Waals surface area contributed by atoms with Gasteiger partial charge < -0.3 is 20.4 Å². The molecule has 0 atom stereocenters. The van der Waals surface area contributed by atoms with Crippen LogP contribution in [0.3, 0.4) is 0 Å². The van der Waals surface area contributed by atoms with Crippen molar-refractivity contribution < 1.29 is 4.42 Å². The molecule has 1 aromatic heterocycles. The molecular weight excluding hydrogens is 274 g/mol. The van der Waals surface area contributed by atoms with Crippen molar-refractivity contribution in [2.24, 2.45) is 0 Å². The maximum Gasteiger partial charge on any atom is 0.117 e. The molecule has 1 aliphatic rings. The number of rotatable bonds is 7. The van der Waals surface area contributed by atoms with Gasteiger partial charge in [0.15, 0.2) is 0 Å². The number of nitrogen functional groups attached to an aromatic ring is 1. The molecule has 0 spiro atoms. The Hall–Kier alpha value is -1.94. The molecule has 0 radical (unpaired) electrons. The van der Waals surface area contributed by atoms with E-state index in [-0.39, 0.29) is 0 Å². The van der Waals surface area contributed by atoms with E-state index >= 15 is 0 Å². The van der Waals surface area contributed by atoms with Gasteiger partial charge >= 0.3 is 0 Å². The van der Waals surface area contributed by atoms with Crippen LogP contribution in [0.1, 0.15) is 30.6 Å². The minimum atomic E-state index is 0.795. The molecule has 3 rings (SSSR count). The van der Waals surface area contributed by atoms with Crippen molar-refractivity contribution in [3.63, 3.8) is 0 Å². The molecule has 1 aliphatic heterocycles. The van der Waals surface area contributed by atoms with E-state index in [1.54, 1.807) is 6.26 Å². The van der Waals surface area contributed by atoms with Crippen molar-refractivity contribution in [1.29, 1.82) is 0 Å². The number of benzene rings is 1. The number of nitrogens with one attached hydrogen (secondary N) is 1. The monoisotopic (exact) mass is 299 g/mol. The van der Waals surface area contributed by atoms with Gasteiger partial charge in [0.25, 0.3) is 0 Å². The molecule has 1 aromatic carbocycles. The molecule has 0 saturated carbocycles. The molecule has 4 nitrogen and oxygen atoms in total. The van der Waals surface area contributed by atoms with E-state index in [9.17, 15) is 0 Å². The lowest BCUT2D eigenvalue weighted by Crippen LogP contribution is -2.19. The van der Waals surface area contributed by atoms with Gasteiger partial charge in [0.2, 0.25) is 0 Å². The number of nitrogens with zero attached hydrogens (tertiary/aromatic N) is 1. The Morgan fingerprint density at radius 2 is 2.05 bits per heavy atom. The Morgan fingerprint density at radius 1 is 1.18 bits per heavy atom. The van der Waals surface area contributed by atoms with Crippen LogP contribution in [0.2, 0.25) is 0 Å². The fourth-order valence-corrected chi connectivity index (χ4v) is 3.05. The van der Waals surface area contributed by atoms with Crippen molar-refractivity contribution in [3.05, 3.63) is 47.9 Å². The second-order valence-corrected chi connectivity index (χ2v) is 5.95. The molecule has 1 saturated heterocycles. The molecule has 2 heterocycles. The molecule has 22 heavy (non-hydrogen) atoms. The van der Waals surface area contributed by atoms with E-state index in [0.29, 0.717) is 0 Å². The second kappa shape index (κ2) is 7.36. The fraction of sp³-hybridized carbons (Fsp3) is 0.444. The van der Waals surface area contributed by atoms with Crippen LogP contribution in [-0.2, 0) is 13.0 Å². The maximum absolute atomic E-state index is 6.23. The van der Waals surface area contributed by atoms with Gasteiger partial charge in [0, 0.05) is 13.1 Å². The second-order valence-electron chi connectivity index (χ2n) is 5.95. The van der Waals surface area contributed by atoms with Gasteiger partial charge in [-0.1, -0.05) is 6.07 Å². The third kappa shape index (κ3) is 3.83. The topological polar surface area (TPSA) is 54.4 Å². The van der Waals surface area contributed by atoms with Crippen molar-refractivity contribution in [2.45, 2.75) is 32.2 Å². The zero-order chi connectivity index (χ0) is 15.2. The maximum atomic E-state index is 6.23. The summed E-state index contributed by atoms with van der Waals surface area (Å²) in [6.45, 7) is 4.05. The van der Waals surface area contributed by atoms with E-state index in [1.165, 1.54) is 24.1 Å². The van der Waals surface area contributed by atoms with Crippen molar-refractivity contribution in [2.75, 3.05) is 30.3 Å². The smallest absolute Gasteiger partial charge is 0.117 e. The standard InChI is InChI=1S/C18H25N3O/c19-17-13-15(7-8-18(17)21-10-1-2-11-21)5-3-9-20-14-16-6-4-12-22-16/h4,6-8,12-13,20H,1-3,5,9-11,14,19H2. The molecule has 0 aliphatic carbocycles. The van der Waals surface area contributed by atoms with Crippen LogP contribution in [-0.4, -0.2) is 19.6 Å². The number of hydrogen-bond donors (Lipinski definition) is 2. The summed E-state index contributed by atoms with van der Waals surface area (Å²) in [5, 5.41) is 3.40. The van der Waals surface area contributed by atoms with Crippen LogP contribution < -0.4 is 16.0 Å². The van der Waals surface area contributed by atoms with Gasteiger partial charge in [-0.05, 0) is 62.1 Å². The molecule has 0 bridgehead atoms. The largest absolute Gasteiger partial charge is 0.468 e. The summed E-state index contributed by atoms with van der Waals surface area (Å²) >= 11 is 0. The Labute approximate surface area is 132 Å². The Balaban J connectivity index is 1.43. The summed E-state index contributed by atoms with van der Waals surface area (Å²) in [5.74, 6) is 0.985. The highest BCUT2D eigenvalue weighted by Crippen LogP contribution is 2.27. The Kier molecular flexibility index (Phi) is 5.01. The number of hydrogen-bond acceptors (Lipinski definition) is 4. The number of nitrogens with two attached hydrogens (primary N) is 1. The summed E-state index contributed by atoms with van der Waals surface area (Å²) in [6, 6.07) is 10.5. The van der Waals surface area contributed by atoms with Crippen molar-refractivity contribution >= 4 is 11.4 Å². The lowest BCUT2D eigenvalue weighted by Gasteiger charge is -2.20. The summed E-state index contributed by atoms with van der Waals surface area (Å²) < 4.78 is 5.29. The Bertz CT molecular complexity index is 574. The lowest BCUT2D eigenvalue weighted by atomic mass is 10.1. The van der Waals surface area contributed by atoms with Gasteiger partial charge in [-0.15, -0.1) is 0 Å². The van der Waals surface area contributed by atoms with Crippen LogP contribution in [0, 0.1) is 0 Å². The number of furan rings is 1. The van der Waals surface area contributed by atoms with Crippen LogP contribution in [0.25, 0.3) is 0 Å². The highest BCUT2D eigenvalue weighted by Gasteiger charge is 2.14. The van der Waals surface area contributed by atoms with Gasteiger partial charge in [-0.3, -0.25) is 0 Å². The summed E-state index contributed by atoms with van der Waals surface area (Å²) in [4.78, 5) is 2.39. The normalized spacial score (nSPS) is 14.6. The van der Waals surface area contributed by atoms with E-state index in [1.807, 2.05) is 12.1 Å². The average Bonchev–Trinajstić information content (AvgIpc) is 3.20. The number of aryl methyl sites for hydroxylation is 1. The molecular formula is C18H25N3O. The first-order chi connectivity index (χ1) is 10.8. The summed E-state index contributed by atoms with van der Waals surface area (Å²) in [5.41, 5.74) is 9.67. The average molecular weight is 299 g/mol. The van der Waals surface area contributed by atoms with Gasteiger partial charge in [-0.2, -0.15) is 0 Å². The minimum Gasteiger partial charge on any atom is -0.468 e. The summed E-state index contributed by atoms with van der Waals surface area (Å²) in [6.07, 6.45) is 6.42. The van der Waals surface area contributed by atoms with E-state index < -0.39 is 0 Å². The van der Waals surface area contributed by atoms with E-state index in [0.717, 1.165) is 50.5 Å². The van der Waals surface area contributed by atoms with Crippen LogP contribution in [0.15, 0.2) is 41.0 Å². The first kappa shape index (κ1) is 15.0. The quantitative estimate of drug-likeness (QED) is 0.609. The molecule has 3 N–H and O–H groups in total. The minimum absolute atomic E-state index is 0.795. The van der Waals surface area contributed by atoms with Gasteiger partial charge in [-0.25, -0.2) is 0 Å². The molecule has 4 heteroatoms. The molecule has 0 unspecified atom stereocenters. The SMILES string of the molecule is Nc1cc(CCCNCc2ccco2)ccc1N1CCCC1. The van der Waals surface area contributed by atoms with Crippen molar-refractivity contribution in [1.82, 2.24) is 5.32 Å². The highest BCUT2D eigenvalue weighted by atomic mass is 16.3. The van der Waals surface area contributed by atoms with Crippen LogP contribution >= 0.6 is 0 Å². The van der Waals surface area contributed by atoms with Gasteiger partial charge in [0.05, 0.1) is 24.2 Å². The first-order valence-electron chi connectivity index (χ1n) is 8.19. The zero-order valence-corrected chi connectivity index (χ0v) is 13.1. The molecule has 118 valence electrons. The number of anilines is 2.